The molecule has 2 nitrogen and oxygen atoms in total. The molecular weight excluding hydrogens is 200 g/mol. The van der Waals surface area contributed by atoms with E-state index in [1.165, 1.54) is 12.0 Å². The highest BCUT2D eigenvalue weighted by Crippen LogP contribution is 2.22. The van der Waals surface area contributed by atoms with Crippen molar-refractivity contribution in [1.29, 1.82) is 0 Å². The number of hydrogen-bond donors (Lipinski definition) is 1. The first-order chi connectivity index (χ1) is 7.63. The van der Waals surface area contributed by atoms with Gasteiger partial charge in [0.15, 0.2) is 0 Å². The standard InChI is InChI=1S/C14H22O2/c1-4-11(2)9-13-7-5-6-8-14(13)16-10-12(3)15/h5-8,11-12,15H,4,9-10H2,1-3H3. The zero-order valence-electron chi connectivity index (χ0n) is 10.4. The maximum absolute atomic E-state index is 9.21. The molecule has 1 aromatic carbocycles. The van der Waals surface area contributed by atoms with Gasteiger partial charge < -0.3 is 9.84 Å². The van der Waals surface area contributed by atoms with Gasteiger partial charge in [-0.15, -0.1) is 0 Å². The number of para-hydroxylation sites is 1. The molecule has 0 heterocycles. The molecule has 0 aliphatic heterocycles. The zero-order chi connectivity index (χ0) is 12.0. The van der Waals surface area contributed by atoms with Crippen LogP contribution < -0.4 is 4.74 Å². The molecular formula is C14H22O2. The van der Waals surface area contributed by atoms with E-state index < -0.39 is 6.10 Å². The first kappa shape index (κ1) is 13.0. The molecule has 2 heteroatoms. The second-order valence-corrected chi connectivity index (χ2v) is 4.49. The van der Waals surface area contributed by atoms with Crippen LogP contribution in [0.25, 0.3) is 0 Å². The summed E-state index contributed by atoms with van der Waals surface area (Å²) >= 11 is 0. The van der Waals surface area contributed by atoms with Crippen LogP contribution in [0.2, 0.25) is 0 Å². The Morgan fingerprint density at radius 3 is 2.56 bits per heavy atom. The SMILES string of the molecule is CCC(C)Cc1ccccc1OCC(C)O. The fraction of sp³-hybridized carbons (Fsp3) is 0.571. The van der Waals surface area contributed by atoms with E-state index >= 15 is 0 Å². The minimum Gasteiger partial charge on any atom is -0.491 e. The predicted molar refractivity (Wildman–Crippen MR) is 66.8 cm³/mol. The van der Waals surface area contributed by atoms with Gasteiger partial charge in [-0.05, 0) is 30.9 Å². The van der Waals surface area contributed by atoms with E-state index in [1.54, 1.807) is 6.92 Å². The molecule has 0 aromatic heterocycles. The molecule has 0 amide bonds. The third kappa shape index (κ3) is 4.23. The molecule has 1 aromatic rings. The number of rotatable bonds is 6. The molecule has 0 radical (unpaired) electrons. The van der Waals surface area contributed by atoms with Gasteiger partial charge in [-0.2, -0.15) is 0 Å². The van der Waals surface area contributed by atoms with Crippen molar-refractivity contribution in [3.05, 3.63) is 29.8 Å². The Balaban J connectivity index is 2.67. The van der Waals surface area contributed by atoms with Crippen LogP contribution in [-0.2, 0) is 6.42 Å². The lowest BCUT2D eigenvalue weighted by molar-refractivity contribution is 0.122. The molecule has 90 valence electrons. The third-order valence-corrected chi connectivity index (χ3v) is 2.72. The Morgan fingerprint density at radius 1 is 1.25 bits per heavy atom. The van der Waals surface area contributed by atoms with Gasteiger partial charge in [0, 0.05) is 0 Å². The summed E-state index contributed by atoms with van der Waals surface area (Å²) in [4.78, 5) is 0. The average molecular weight is 222 g/mol. The molecule has 1 N–H and O–H groups in total. The minimum absolute atomic E-state index is 0.359. The van der Waals surface area contributed by atoms with E-state index in [9.17, 15) is 5.11 Å². The summed E-state index contributed by atoms with van der Waals surface area (Å²) in [6.45, 7) is 6.53. The molecule has 0 spiro atoms. The minimum atomic E-state index is -0.420. The summed E-state index contributed by atoms with van der Waals surface area (Å²) in [6, 6.07) is 8.08. The van der Waals surface area contributed by atoms with Gasteiger partial charge in [-0.3, -0.25) is 0 Å². The molecule has 2 unspecified atom stereocenters. The maximum Gasteiger partial charge on any atom is 0.122 e. The molecule has 0 aliphatic rings. The smallest absolute Gasteiger partial charge is 0.122 e. The van der Waals surface area contributed by atoms with E-state index in [4.69, 9.17) is 4.74 Å². The van der Waals surface area contributed by atoms with Crippen molar-refractivity contribution in [1.82, 2.24) is 0 Å². The van der Waals surface area contributed by atoms with Gasteiger partial charge in [-0.25, -0.2) is 0 Å². The lowest BCUT2D eigenvalue weighted by atomic mass is 9.98. The van der Waals surface area contributed by atoms with E-state index in [1.807, 2.05) is 18.2 Å². The van der Waals surface area contributed by atoms with E-state index in [2.05, 4.69) is 19.9 Å². The first-order valence-electron chi connectivity index (χ1n) is 6.02. The summed E-state index contributed by atoms with van der Waals surface area (Å²) in [5.41, 5.74) is 1.23. The van der Waals surface area contributed by atoms with Crippen LogP contribution in [-0.4, -0.2) is 17.8 Å². The van der Waals surface area contributed by atoms with Crippen molar-refractivity contribution in [3.63, 3.8) is 0 Å². The number of aliphatic hydroxyl groups is 1. The van der Waals surface area contributed by atoms with Crippen molar-refractivity contribution < 1.29 is 9.84 Å². The third-order valence-electron chi connectivity index (χ3n) is 2.72. The Hall–Kier alpha value is -1.02. The zero-order valence-corrected chi connectivity index (χ0v) is 10.4. The van der Waals surface area contributed by atoms with E-state index in [0.29, 0.717) is 12.5 Å². The van der Waals surface area contributed by atoms with Crippen LogP contribution in [0.3, 0.4) is 0 Å². The molecule has 2 atom stereocenters. The number of hydrogen-bond acceptors (Lipinski definition) is 2. The summed E-state index contributed by atoms with van der Waals surface area (Å²) in [6.07, 6.45) is 1.79. The highest BCUT2D eigenvalue weighted by Gasteiger charge is 2.07. The van der Waals surface area contributed by atoms with Gasteiger partial charge in [0.2, 0.25) is 0 Å². The second kappa shape index (κ2) is 6.54. The Kier molecular flexibility index (Phi) is 5.33. The molecule has 16 heavy (non-hydrogen) atoms. The molecule has 0 saturated carbocycles. The molecule has 1 rings (SSSR count). The first-order valence-corrected chi connectivity index (χ1v) is 6.02. The van der Waals surface area contributed by atoms with Crippen molar-refractivity contribution >= 4 is 0 Å². The van der Waals surface area contributed by atoms with Crippen LogP contribution in [0.15, 0.2) is 24.3 Å². The summed E-state index contributed by atoms with van der Waals surface area (Å²) < 4.78 is 5.59. The van der Waals surface area contributed by atoms with Crippen LogP contribution >= 0.6 is 0 Å². The van der Waals surface area contributed by atoms with Crippen molar-refractivity contribution in [3.8, 4) is 5.75 Å². The van der Waals surface area contributed by atoms with E-state index in [-0.39, 0.29) is 0 Å². The van der Waals surface area contributed by atoms with Crippen LogP contribution in [0.4, 0.5) is 0 Å². The van der Waals surface area contributed by atoms with Gasteiger partial charge in [0.1, 0.15) is 12.4 Å². The fourth-order valence-corrected chi connectivity index (χ4v) is 1.54. The largest absolute Gasteiger partial charge is 0.491 e. The summed E-state index contributed by atoms with van der Waals surface area (Å²) in [7, 11) is 0. The Morgan fingerprint density at radius 2 is 1.94 bits per heavy atom. The monoisotopic (exact) mass is 222 g/mol. The van der Waals surface area contributed by atoms with Gasteiger partial charge >= 0.3 is 0 Å². The second-order valence-electron chi connectivity index (χ2n) is 4.49. The topological polar surface area (TPSA) is 29.5 Å². The lowest BCUT2D eigenvalue weighted by Crippen LogP contribution is -2.14. The van der Waals surface area contributed by atoms with Crippen molar-refractivity contribution in [2.75, 3.05) is 6.61 Å². The maximum atomic E-state index is 9.21. The van der Waals surface area contributed by atoms with E-state index in [0.717, 1.165) is 12.2 Å². The lowest BCUT2D eigenvalue weighted by Gasteiger charge is -2.15. The molecule has 0 bridgehead atoms. The van der Waals surface area contributed by atoms with Gasteiger partial charge in [-0.1, -0.05) is 38.5 Å². The highest BCUT2D eigenvalue weighted by atomic mass is 16.5. The Labute approximate surface area is 98.3 Å². The normalized spacial score (nSPS) is 14.5. The van der Waals surface area contributed by atoms with Crippen molar-refractivity contribution in [2.24, 2.45) is 5.92 Å². The average Bonchev–Trinajstić information content (AvgIpc) is 2.27. The Bertz CT molecular complexity index is 307. The highest BCUT2D eigenvalue weighted by molar-refractivity contribution is 5.33. The fourth-order valence-electron chi connectivity index (χ4n) is 1.54. The van der Waals surface area contributed by atoms with Crippen molar-refractivity contribution in [2.45, 2.75) is 39.7 Å². The number of benzene rings is 1. The quantitative estimate of drug-likeness (QED) is 0.801. The summed E-state index contributed by atoms with van der Waals surface area (Å²) in [5.74, 6) is 1.57. The molecule has 0 saturated heterocycles. The molecule has 0 fully saturated rings. The van der Waals surface area contributed by atoms with Crippen LogP contribution in [0.1, 0.15) is 32.8 Å². The number of aliphatic hydroxyl groups excluding tert-OH is 1. The summed E-state index contributed by atoms with van der Waals surface area (Å²) in [5, 5.41) is 9.21. The molecule has 0 aliphatic carbocycles. The van der Waals surface area contributed by atoms with Crippen LogP contribution in [0.5, 0.6) is 5.75 Å². The van der Waals surface area contributed by atoms with Crippen LogP contribution in [0, 0.1) is 5.92 Å². The number of ether oxygens (including phenoxy) is 1. The van der Waals surface area contributed by atoms with Gasteiger partial charge in [0.05, 0.1) is 6.10 Å². The van der Waals surface area contributed by atoms with Gasteiger partial charge in [0.25, 0.3) is 0 Å². The predicted octanol–water partition coefficient (Wildman–Crippen LogP) is 3.03.